The van der Waals surface area contributed by atoms with Crippen molar-refractivity contribution in [2.45, 2.75) is 19.2 Å². The number of hydrogen-bond acceptors (Lipinski definition) is 4. The number of morpholine rings is 1. The van der Waals surface area contributed by atoms with Gasteiger partial charge in [0.2, 0.25) is 0 Å². The van der Waals surface area contributed by atoms with Gasteiger partial charge in [0, 0.05) is 17.8 Å². The first kappa shape index (κ1) is 20.4. The summed E-state index contributed by atoms with van der Waals surface area (Å²) in [7, 11) is 0. The van der Waals surface area contributed by atoms with Gasteiger partial charge in [-0.2, -0.15) is 13.2 Å². The van der Waals surface area contributed by atoms with E-state index in [-0.39, 0.29) is 30.0 Å². The van der Waals surface area contributed by atoms with Crippen molar-refractivity contribution in [3.05, 3.63) is 58.4 Å². The number of amides is 1. The second-order valence-corrected chi connectivity index (χ2v) is 6.79. The second-order valence-electron chi connectivity index (χ2n) is 6.40. The van der Waals surface area contributed by atoms with Crippen LogP contribution in [0.5, 0.6) is 5.75 Å². The fourth-order valence-corrected chi connectivity index (χ4v) is 3.14. The molecule has 0 saturated carbocycles. The molecule has 2 heterocycles. The summed E-state index contributed by atoms with van der Waals surface area (Å²) in [6, 6.07) is 7.80. The van der Waals surface area contributed by atoms with E-state index >= 15 is 0 Å². The van der Waals surface area contributed by atoms with Gasteiger partial charge in [-0.1, -0.05) is 17.7 Å². The highest BCUT2D eigenvalue weighted by molar-refractivity contribution is 6.29. The summed E-state index contributed by atoms with van der Waals surface area (Å²) >= 11 is 5.92. The third-order valence-electron chi connectivity index (χ3n) is 4.19. The monoisotopic (exact) mass is 414 g/mol. The molecule has 1 saturated heterocycles. The van der Waals surface area contributed by atoms with Gasteiger partial charge in [0.1, 0.15) is 23.6 Å². The molecule has 1 aromatic carbocycles. The van der Waals surface area contributed by atoms with Crippen LogP contribution in [0.15, 0.2) is 36.4 Å². The lowest BCUT2D eigenvalue weighted by Crippen LogP contribution is -2.47. The molecule has 1 aromatic heterocycles. The van der Waals surface area contributed by atoms with Gasteiger partial charge in [-0.25, -0.2) is 4.98 Å². The molecule has 150 valence electrons. The molecular formula is C19H18ClF3N2O3. The number of nitrogens with zero attached hydrogens (tertiary/aromatic N) is 2. The third-order valence-corrected chi connectivity index (χ3v) is 4.39. The summed E-state index contributed by atoms with van der Waals surface area (Å²) in [4.78, 5) is 18.3. The Hall–Kier alpha value is -2.32. The SMILES string of the molecule is Cc1cc(C(=O)N2CCOC(COc3cccc(C(F)(F)F)c3)C2)cc(Cl)n1. The van der Waals surface area contributed by atoms with Crippen molar-refractivity contribution in [2.24, 2.45) is 0 Å². The van der Waals surface area contributed by atoms with Crippen LogP contribution in [-0.2, 0) is 10.9 Å². The summed E-state index contributed by atoms with van der Waals surface area (Å²) in [6.07, 6.45) is -4.89. The average molecular weight is 415 g/mol. The number of hydrogen-bond donors (Lipinski definition) is 0. The molecule has 0 N–H and O–H groups in total. The average Bonchev–Trinajstić information content (AvgIpc) is 2.65. The molecule has 1 aliphatic heterocycles. The number of carbonyl (C=O) groups is 1. The molecule has 0 aliphatic carbocycles. The van der Waals surface area contributed by atoms with Crippen molar-refractivity contribution in [1.82, 2.24) is 9.88 Å². The minimum absolute atomic E-state index is 0.0290. The number of carbonyl (C=O) groups excluding carboxylic acids is 1. The molecule has 0 spiro atoms. The fraction of sp³-hybridized carbons (Fsp3) is 0.368. The predicted octanol–water partition coefficient (Wildman–Crippen LogP) is 3.98. The Morgan fingerprint density at radius 1 is 1.36 bits per heavy atom. The Bertz CT molecular complexity index is 840. The van der Waals surface area contributed by atoms with Crippen LogP contribution in [-0.4, -0.2) is 48.2 Å². The lowest BCUT2D eigenvalue weighted by Gasteiger charge is -2.33. The normalized spacial score (nSPS) is 17.5. The molecule has 28 heavy (non-hydrogen) atoms. The van der Waals surface area contributed by atoms with Gasteiger partial charge < -0.3 is 14.4 Å². The first-order valence-corrected chi connectivity index (χ1v) is 8.95. The minimum atomic E-state index is -4.44. The Morgan fingerprint density at radius 3 is 2.86 bits per heavy atom. The van der Waals surface area contributed by atoms with E-state index in [2.05, 4.69) is 4.98 Å². The van der Waals surface area contributed by atoms with Crippen molar-refractivity contribution >= 4 is 17.5 Å². The van der Waals surface area contributed by atoms with Gasteiger partial charge in [-0.3, -0.25) is 4.79 Å². The highest BCUT2D eigenvalue weighted by atomic mass is 35.5. The number of rotatable bonds is 4. The number of aryl methyl sites for hydroxylation is 1. The summed E-state index contributed by atoms with van der Waals surface area (Å²) < 4.78 is 49.4. The number of aromatic nitrogens is 1. The van der Waals surface area contributed by atoms with Crippen LogP contribution >= 0.6 is 11.6 Å². The van der Waals surface area contributed by atoms with Gasteiger partial charge >= 0.3 is 6.18 Å². The largest absolute Gasteiger partial charge is 0.491 e. The smallest absolute Gasteiger partial charge is 0.416 e. The van der Waals surface area contributed by atoms with Gasteiger partial charge in [-0.15, -0.1) is 0 Å². The van der Waals surface area contributed by atoms with E-state index in [9.17, 15) is 18.0 Å². The number of halogens is 4. The second kappa shape index (κ2) is 8.36. The molecular weight excluding hydrogens is 397 g/mol. The summed E-state index contributed by atoms with van der Waals surface area (Å²) in [5.41, 5.74) is 0.279. The summed E-state index contributed by atoms with van der Waals surface area (Å²) in [6.45, 7) is 2.74. The van der Waals surface area contributed by atoms with Crippen molar-refractivity contribution < 1.29 is 27.4 Å². The number of pyridine rings is 1. The van der Waals surface area contributed by atoms with E-state index in [0.29, 0.717) is 24.4 Å². The summed E-state index contributed by atoms with van der Waals surface area (Å²) in [5, 5.41) is 0.237. The maximum Gasteiger partial charge on any atom is 0.416 e. The molecule has 1 aliphatic rings. The van der Waals surface area contributed by atoms with Crippen LogP contribution in [0.3, 0.4) is 0 Å². The van der Waals surface area contributed by atoms with Crippen LogP contribution in [0, 0.1) is 6.92 Å². The maximum atomic E-state index is 12.8. The lowest BCUT2D eigenvalue weighted by atomic mass is 10.2. The molecule has 0 radical (unpaired) electrons. The van der Waals surface area contributed by atoms with Crippen LogP contribution in [0.2, 0.25) is 5.15 Å². The van der Waals surface area contributed by atoms with Crippen molar-refractivity contribution in [3.8, 4) is 5.75 Å². The van der Waals surface area contributed by atoms with E-state index in [0.717, 1.165) is 12.1 Å². The molecule has 1 fully saturated rings. The summed E-state index contributed by atoms with van der Waals surface area (Å²) in [5.74, 6) is -0.113. The van der Waals surface area contributed by atoms with Gasteiger partial charge in [0.25, 0.3) is 5.91 Å². The van der Waals surface area contributed by atoms with E-state index in [1.54, 1.807) is 17.9 Å². The zero-order valence-corrected chi connectivity index (χ0v) is 15.8. The van der Waals surface area contributed by atoms with Crippen molar-refractivity contribution in [3.63, 3.8) is 0 Å². The van der Waals surface area contributed by atoms with E-state index in [4.69, 9.17) is 21.1 Å². The quantitative estimate of drug-likeness (QED) is 0.710. The zero-order valence-electron chi connectivity index (χ0n) is 15.0. The number of alkyl halides is 3. The number of benzene rings is 1. The van der Waals surface area contributed by atoms with Gasteiger partial charge in [0.05, 0.1) is 18.7 Å². The molecule has 1 amide bonds. The first-order chi connectivity index (χ1) is 13.2. The molecule has 9 heteroatoms. The molecule has 2 aromatic rings. The minimum Gasteiger partial charge on any atom is -0.491 e. The van der Waals surface area contributed by atoms with Gasteiger partial charge in [-0.05, 0) is 37.3 Å². The Balaban J connectivity index is 1.61. The molecule has 3 rings (SSSR count). The highest BCUT2D eigenvalue weighted by Gasteiger charge is 2.31. The molecule has 5 nitrogen and oxygen atoms in total. The predicted molar refractivity (Wildman–Crippen MR) is 96.6 cm³/mol. The maximum absolute atomic E-state index is 12.8. The Morgan fingerprint density at radius 2 is 2.14 bits per heavy atom. The molecule has 0 bridgehead atoms. The van der Waals surface area contributed by atoms with Crippen molar-refractivity contribution in [1.29, 1.82) is 0 Å². The van der Waals surface area contributed by atoms with E-state index < -0.39 is 17.8 Å². The number of ether oxygens (including phenoxy) is 2. The molecule has 1 unspecified atom stereocenters. The van der Waals surface area contributed by atoms with Crippen molar-refractivity contribution in [2.75, 3.05) is 26.3 Å². The van der Waals surface area contributed by atoms with Gasteiger partial charge in [0.15, 0.2) is 0 Å². The highest BCUT2D eigenvalue weighted by Crippen LogP contribution is 2.31. The van der Waals surface area contributed by atoms with Crippen LogP contribution in [0.4, 0.5) is 13.2 Å². The third kappa shape index (κ3) is 5.14. The van der Waals surface area contributed by atoms with E-state index in [1.807, 2.05) is 0 Å². The topological polar surface area (TPSA) is 51.7 Å². The zero-order chi connectivity index (χ0) is 20.3. The standard InChI is InChI=1S/C19H18ClF3N2O3/c1-12-7-13(8-17(20)24-12)18(26)25-5-6-27-16(10-25)11-28-15-4-2-3-14(9-15)19(21,22)23/h2-4,7-9,16H,5-6,10-11H2,1H3. The Kier molecular flexibility index (Phi) is 6.10. The van der Waals surface area contributed by atoms with E-state index in [1.165, 1.54) is 18.2 Å². The lowest BCUT2D eigenvalue weighted by molar-refractivity contribution is -0.137. The fourth-order valence-electron chi connectivity index (χ4n) is 2.89. The molecule has 1 atom stereocenters. The van der Waals surface area contributed by atoms with Crippen LogP contribution in [0.25, 0.3) is 0 Å². The first-order valence-electron chi connectivity index (χ1n) is 8.57. The van der Waals surface area contributed by atoms with Crippen LogP contribution in [0.1, 0.15) is 21.6 Å². The Labute approximate surface area is 165 Å². The van der Waals surface area contributed by atoms with Crippen LogP contribution < -0.4 is 4.74 Å².